The monoisotopic (exact) mass is 304 g/mol. The van der Waals surface area contributed by atoms with Crippen LogP contribution in [0, 0.1) is 0 Å². The molecule has 2 aromatic heterocycles. The van der Waals surface area contributed by atoms with Crippen LogP contribution in [0.5, 0.6) is 5.88 Å². The third kappa shape index (κ3) is 2.97. The van der Waals surface area contributed by atoms with E-state index in [2.05, 4.69) is 20.2 Å². The normalized spacial score (nSPS) is 17.8. The maximum Gasteiger partial charge on any atom is 0.257 e. The lowest BCUT2D eigenvalue weighted by atomic mass is 10.2. The van der Waals surface area contributed by atoms with E-state index in [-0.39, 0.29) is 11.9 Å². The molecular weight excluding hydrogens is 288 g/mol. The molecule has 1 aliphatic heterocycles. The number of nitrogens with one attached hydrogen (secondary N) is 1. The topological polar surface area (TPSA) is 67.3 Å². The van der Waals surface area contributed by atoms with E-state index >= 15 is 0 Å². The van der Waals surface area contributed by atoms with Crippen molar-refractivity contribution in [2.45, 2.75) is 12.5 Å². The van der Waals surface area contributed by atoms with Gasteiger partial charge in [0.15, 0.2) is 5.13 Å². The van der Waals surface area contributed by atoms with Crippen LogP contribution < -0.4 is 15.0 Å². The van der Waals surface area contributed by atoms with Crippen molar-refractivity contribution in [3.63, 3.8) is 0 Å². The Labute approximate surface area is 126 Å². The summed E-state index contributed by atoms with van der Waals surface area (Å²) in [5, 5.41) is 6.00. The molecule has 0 aliphatic carbocycles. The fourth-order valence-corrected chi connectivity index (χ4v) is 3.09. The van der Waals surface area contributed by atoms with Crippen LogP contribution in [0.4, 0.5) is 5.13 Å². The summed E-state index contributed by atoms with van der Waals surface area (Å²) in [5.74, 6) is 0.204. The van der Waals surface area contributed by atoms with Crippen molar-refractivity contribution in [1.82, 2.24) is 15.3 Å². The number of rotatable bonds is 4. The number of hydrogen-bond donors (Lipinski definition) is 1. The molecule has 0 radical (unpaired) electrons. The van der Waals surface area contributed by atoms with Gasteiger partial charge in [0.1, 0.15) is 5.56 Å². The van der Waals surface area contributed by atoms with Gasteiger partial charge in [-0.05, 0) is 18.6 Å². The van der Waals surface area contributed by atoms with Crippen molar-refractivity contribution < 1.29 is 9.53 Å². The Kier molecular flexibility index (Phi) is 4.01. The van der Waals surface area contributed by atoms with Crippen LogP contribution in [0.15, 0.2) is 29.9 Å². The molecule has 1 unspecified atom stereocenters. The fourth-order valence-electron chi connectivity index (χ4n) is 2.41. The maximum atomic E-state index is 12.3. The highest BCUT2D eigenvalue weighted by atomic mass is 32.1. The number of nitrogens with zero attached hydrogens (tertiary/aromatic N) is 3. The summed E-state index contributed by atoms with van der Waals surface area (Å²) in [7, 11) is 1.51. The Morgan fingerprint density at radius 2 is 2.38 bits per heavy atom. The van der Waals surface area contributed by atoms with E-state index in [1.165, 1.54) is 7.11 Å². The smallest absolute Gasteiger partial charge is 0.257 e. The average molecular weight is 304 g/mol. The van der Waals surface area contributed by atoms with Crippen molar-refractivity contribution in [1.29, 1.82) is 0 Å². The molecule has 0 saturated carbocycles. The third-order valence-corrected chi connectivity index (χ3v) is 4.25. The minimum absolute atomic E-state index is 0.117. The highest BCUT2D eigenvalue weighted by Gasteiger charge is 2.26. The number of anilines is 1. The Hall–Kier alpha value is -2.15. The van der Waals surface area contributed by atoms with Crippen molar-refractivity contribution in [2.75, 3.05) is 25.1 Å². The van der Waals surface area contributed by atoms with Gasteiger partial charge in [-0.1, -0.05) is 0 Å². The standard InChI is InChI=1S/C14H16N4O2S/c1-20-13-11(3-2-5-15-13)12(19)17-10-4-7-18(9-10)14-16-6-8-21-14/h2-3,5-6,8,10H,4,7,9H2,1H3,(H,17,19). The number of methoxy groups -OCH3 is 1. The summed E-state index contributed by atoms with van der Waals surface area (Å²) < 4.78 is 5.12. The lowest BCUT2D eigenvalue weighted by Crippen LogP contribution is -2.37. The van der Waals surface area contributed by atoms with Gasteiger partial charge in [-0.2, -0.15) is 0 Å². The number of aromatic nitrogens is 2. The number of carbonyl (C=O) groups excluding carboxylic acids is 1. The summed E-state index contributed by atoms with van der Waals surface area (Å²) in [6.45, 7) is 1.68. The van der Waals surface area contributed by atoms with Crippen molar-refractivity contribution in [3.8, 4) is 5.88 Å². The highest BCUT2D eigenvalue weighted by Crippen LogP contribution is 2.23. The Bertz CT molecular complexity index is 617. The minimum Gasteiger partial charge on any atom is -0.480 e. The molecule has 1 atom stereocenters. The first-order valence-electron chi connectivity index (χ1n) is 6.72. The second-order valence-electron chi connectivity index (χ2n) is 4.78. The van der Waals surface area contributed by atoms with Gasteiger partial charge in [-0.15, -0.1) is 11.3 Å². The highest BCUT2D eigenvalue weighted by molar-refractivity contribution is 7.13. The molecule has 2 aromatic rings. The van der Waals surface area contributed by atoms with Gasteiger partial charge in [0.2, 0.25) is 5.88 Å². The molecule has 0 bridgehead atoms. The van der Waals surface area contributed by atoms with Crippen LogP contribution in [0.25, 0.3) is 0 Å². The zero-order chi connectivity index (χ0) is 14.7. The third-order valence-electron chi connectivity index (χ3n) is 3.42. The lowest BCUT2D eigenvalue weighted by molar-refractivity contribution is 0.0936. The van der Waals surface area contributed by atoms with Crippen LogP contribution >= 0.6 is 11.3 Å². The zero-order valence-electron chi connectivity index (χ0n) is 11.7. The predicted octanol–water partition coefficient (Wildman–Crippen LogP) is 1.56. The first kappa shape index (κ1) is 13.8. The summed E-state index contributed by atoms with van der Waals surface area (Å²) >= 11 is 1.62. The molecule has 3 heterocycles. The fraction of sp³-hybridized carbons (Fsp3) is 0.357. The summed E-state index contributed by atoms with van der Waals surface area (Å²) in [6, 6.07) is 3.56. The molecule has 1 fully saturated rings. The molecule has 21 heavy (non-hydrogen) atoms. The number of ether oxygens (including phenoxy) is 1. The summed E-state index contributed by atoms with van der Waals surface area (Å²) in [6.07, 6.45) is 4.32. The predicted molar refractivity (Wildman–Crippen MR) is 81.0 cm³/mol. The second kappa shape index (κ2) is 6.09. The van der Waals surface area contributed by atoms with Gasteiger partial charge in [0.25, 0.3) is 5.91 Å². The summed E-state index contributed by atoms with van der Waals surface area (Å²) in [5.41, 5.74) is 0.465. The SMILES string of the molecule is COc1ncccc1C(=O)NC1CCN(c2nccs2)C1. The van der Waals surface area contributed by atoms with E-state index in [1.807, 2.05) is 5.38 Å². The number of hydrogen-bond acceptors (Lipinski definition) is 6. The molecule has 3 rings (SSSR count). The quantitative estimate of drug-likeness (QED) is 0.928. The van der Waals surface area contributed by atoms with Crippen LogP contribution in [-0.4, -0.2) is 42.1 Å². The Morgan fingerprint density at radius 1 is 1.48 bits per heavy atom. The van der Waals surface area contributed by atoms with Crippen LogP contribution in [-0.2, 0) is 0 Å². The van der Waals surface area contributed by atoms with Gasteiger partial charge in [-0.25, -0.2) is 9.97 Å². The Balaban J connectivity index is 1.64. The van der Waals surface area contributed by atoms with Crippen LogP contribution in [0.3, 0.4) is 0 Å². The number of thiazole rings is 1. The first-order chi connectivity index (χ1) is 10.3. The number of carbonyl (C=O) groups is 1. The molecule has 1 N–H and O–H groups in total. The molecule has 1 saturated heterocycles. The zero-order valence-corrected chi connectivity index (χ0v) is 12.5. The van der Waals surface area contributed by atoms with Crippen molar-refractivity contribution in [2.24, 2.45) is 0 Å². The summed E-state index contributed by atoms with van der Waals surface area (Å²) in [4.78, 5) is 22.8. The molecule has 1 aliphatic rings. The Morgan fingerprint density at radius 3 is 3.14 bits per heavy atom. The van der Waals surface area contributed by atoms with Gasteiger partial charge in [0, 0.05) is 36.9 Å². The van der Waals surface area contributed by atoms with Crippen LogP contribution in [0.2, 0.25) is 0 Å². The number of pyridine rings is 1. The van der Waals surface area contributed by atoms with Gasteiger partial charge >= 0.3 is 0 Å². The van der Waals surface area contributed by atoms with E-state index in [4.69, 9.17) is 4.74 Å². The second-order valence-corrected chi connectivity index (χ2v) is 5.65. The van der Waals surface area contributed by atoms with E-state index in [0.717, 1.165) is 24.6 Å². The molecule has 6 nitrogen and oxygen atoms in total. The van der Waals surface area contributed by atoms with Crippen molar-refractivity contribution >= 4 is 22.4 Å². The van der Waals surface area contributed by atoms with E-state index in [0.29, 0.717) is 11.4 Å². The molecular formula is C14H16N4O2S. The van der Waals surface area contributed by atoms with Crippen molar-refractivity contribution in [3.05, 3.63) is 35.5 Å². The lowest BCUT2D eigenvalue weighted by Gasteiger charge is -2.16. The van der Waals surface area contributed by atoms with E-state index in [1.54, 1.807) is 35.9 Å². The van der Waals surface area contributed by atoms with Crippen LogP contribution in [0.1, 0.15) is 16.8 Å². The molecule has 7 heteroatoms. The van der Waals surface area contributed by atoms with Gasteiger partial charge < -0.3 is 15.0 Å². The molecule has 110 valence electrons. The number of amides is 1. The first-order valence-corrected chi connectivity index (χ1v) is 7.60. The molecule has 1 amide bonds. The largest absolute Gasteiger partial charge is 0.480 e. The van der Waals surface area contributed by atoms with E-state index in [9.17, 15) is 4.79 Å². The maximum absolute atomic E-state index is 12.3. The van der Waals surface area contributed by atoms with Gasteiger partial charge in [0.05, 0.1) is 7.11 Å². The molecule has 0 spiro atoms. The average Bonchev–Trinajstić information content (AvgIpc) is 3.17. The minimum atomic E-state index is -0.147. The van der Waals surface area contributed by atoms with E-state index < -0.39 is 0 Å². The van der Waals surface area contributed by atoms with Gasteiger partial charge in [-0.3, -0.25) is 4.79 Å². The molecule has 0 aromatic carbocycles.